The quantitative estimate of drug-likeness (QED) is 0.752. The van der Waals surface area contributed by atoms with Gasteiger partial charge in [0.05, 0.1) is 18.3 Å². The Morgan fingerprint density at radius 1 is 1.20 bits per heavy atom. The summed E-state index contributed by atoms with van der Waals surface area (Å²) in [6, 6.07) is 8.48. The standard InChI is InChI=1S/C13H16N2O4S/c14-12-1-3-13(4-2-12)19-7-8-20(16,17)15-9-11-5-6-18-10-11/h1-6,10,15H,7-9,14H2. The molecule has 0 aliphatic rings. The van der Waals surface area contributed by atoms with E-state index in [9.17, 15) is 8.42 Å². The Morgan fingerprint density at radius 2 is 1.95 bits per heavy atom. The van der Waals surface area contributed by atoms with Gasteiger partial charge in [0.2, 0.25) is 10.0 Å². The highest BCUT2D eigenvalue weighted by Gasteiger charge is 2.10. The van der Waals surface area contributed by atoms with Crippen molar-refractivity contribution < 1.29 is 17.6 Å². The van der Waals surface area contributed by atoms with Gasteiger partial charge in [0.1, 0.15) is 12.4 Å². The number of hydrogen-bond donors (Lipinski definition) is 2. The van der Waals surface area contributed by atoms with Gasteiger partial charge in [-0.1, -0.05) is 0 Å². The fourth-order valence-corrected chi connectivity index (χ4v) is 2.33. The number of sulfonamides is 1. The molecule has 1 heterocycles. The first-order chi connectivity index (χ1) is 9.55. The molecular formula is C13H16N2O4S. The normalized spacial score (nSPS) is 11.4. The van der Waals surface area contributed by atoms with Gasteiger partial charge in [-0.2, -0.15) is 0 Å². The summed E-state index contributed by atoms with van der Waals surface area (Å²) in [6.45, 7) is 0.283. The second-order valence-electron chi connectivity index (χ2n) is 4.19. The van der Waals surface area contributed by atoms with Gasteiger partial charge in [-0.15, -0.1) is 0 Å². The van der Waals surface area contributed by atoms with E-state index in [0.717, 1.165) is 5.56 Å². The third-order valence-corrected chi connectivity index (χ3v) is 3.87. The Bertz CT molecular complexity index is 621. The molecule has 0 fully saturated rings. The van der Waals surface area contributed by atoms with Gasteiger partial charge in [-0.05, 0) is 30.3 Å². The SMILES string of the molecule is Nc1ccc(OCCS(=O)(=O)NCc2ccoc2)cc1. The second kappa shape index (κ2) is 6.44. The Balaban J connectivity index is 1.76. The summed E-state index contributed by atoms with van der Waals surface area (Å²) >= 11 is 0. The minimum absolute atomic E-state index is 0.0740. The highest BCUT2D eigenvalue weighted by atomic mass is 32.2. The van der Waals surface area contributed by atoms with Gasteiger partial charge in [-0.3, -0.25) is 0 Å². The van der Waals surface area contributed by atoms with Gasteiger partial charge >= 0.3 is 0 Å². The number of nitrogen functional groups attached to an aromatic ring is 1. The number of furan rings is 1. The van der Waals surface area contributed by atoms with Crippen LogP contribution < -0.4 is 15.2 Å². The third kappa shape index (κ3) is 4.60. The largest absolute Gasteiger partial charge is 0.492 e. The maximum atomic E-state index is 11.7. The van der Waals surface area contributed by atoms with Gasteiger partial charge in [-0.25, -0.2) is 13.1 Å². The number of hydrogen-bond acceptors (Lipinski definition) is 5. The van der Waals surface area contributed by atoms with E-state index in [-0.39, 0.29) is 18.9 Å². The van der Waals surface area contributed by atoms with Crippen molar-refractivity contribution in [1.29, 1.82) is 0 Å². The van der Waals surface area contributed by atoms with Crippen molar-refractivity contribution in [3.63, 3.8) is 0 Å². The number of anilines is 1. The molecule has 0 atom stereocenters. The molecule has 0 unspecified atom stereocenters. The molecule has 108 valence electrons. The van der Waals surface area contributed by atoms with Crippen LogP contribution in [-0.2, 0) is 16.6 Å². The molecule has 1 aromatic carbocycles. The van der Waals surface area contributed by atoms with Crippen molar-refractivity contribution in [1.82, 2.24) is 4.72 Å². The summed E-state index contributed by atoms with van der Waals surface area (Å²) < 4.78 is 36.1. The zero-order valence-electron chi connectivity index (χ0n) is 10.8. The van der Waals surface area contributed by atoms with Crippen LogP contribution in [0.5, 0.6) is 5.75 Å². The average Bonchev–Trinajstić information content (AvgIpc) is 2.92. The minimum atomic E-state index is -3.38. The summed E-state index contributed by atoms with van der Waals surface area (Å²) in [6.07, 6.45) is 2.99. The second-order valence-corrected chi connectivity index (χ2v) is 6.12. The van der Waals surface area contributed by atoms with Crippen LogP contribution in [0.3, 0.4) is 0 Å². The lowest BCUT2D eigenvalue weighted by molar-refractivity contribution is 0.340. The van der Waals surface area contributed by atoms with E-state index < -0.39 is 10.0 Å². The fourth-order valence-electron chi connectivity index (χ4n) is 1.49. The van der Waals surface area contributed by atoms with Crippen LogP contribution in [0, 0.1) is 0 Å². The number of nitrogens with two attached hydrogens (primary N) is 1. The number of ether oxygens (including phenoxy) is 1. The molecule has 0 saturated carbocycles. The molecule has 0 bridgehead atoms. The van der Waals surface area contributed by atoms with Crippen molar-refractivity contribution in [2.45, 2.75) is 6.54 Å². The average molecular weight is 296 g/mol. The number of rotatable bonds is 7. The predicted molar refractivity (Wildman–Crippen MR) is 75.7 cm³/mol. The minimum Gasteiger partial charge on any atom is -0.492 e. The van der Waals surface area contributed by atoms with Crippen LogP contribution in [-0.4, -0.2) is 20.8 Å². The molecule has 0 aliphatic carbocycles. The molecule has 1 aromatic heterocycles. The topological polar surface area (TPSA) is 94.6 Å². The zero-order chi connectivity index (χ0) is 14.4. The molecule has 2 rings (SSSR count). The Morgan fingerprint density at radius 3 is 2.60 bits per heavy atom. The molecule has 2 aromatic rings. The summed E-state index contributed by atoms with van der Waals surface area (Å²) in [7, 11) is -3.38. The first kappa shape index (κ1) is 14.4. The molecule has 0 amide bonds. The van der Waals surface area contributed by atoms with Gasteiger partial charge < -0.3 is 14.9 Å². The lowest BCUT2D eigenvalue weighted by atomic mass is 10.3. The van der Waals surface area contributed by atoms with Crippen molar-refractivity contribution in [2.24, 2.45) is 0 Å². The zero-order valence-corrected chi connectivity index (χ0v) is 11.6. The monoisotopic (exact) mass is 296 g/mol. The Labute approximate surface area is 117 Å². The summed E-state index contributed by atoms with van der Waals surface area (Å²) in [4.78, 5) is 0. The first-order valence-electron chi connectivity index (χ1n) is 6.02. The fraction of sp³-hybridized carbons (Fsp3) is 0.231. The van der Waals surface area contributed by atoms with Crippen molar-refractivity contribution >= 4 is 15.7 Å². The molecule has 0 aliphatic heterocycles. The van der Waals surface area contributed by atoms with Crippen LogP contribution in [0.15, 0.2) is 47.3 Å². The van der Waals surface area contributed by atoms with Crippen molar-refractivity contribution in [2.75, 3.05) is 18.1 Å². The van der Waals surface area contributed by atoms with E-state index in [0.29, 0.717) is 11.4 Å². The van der Waals surface area contributed by atoms with Crippen LogP contribution in [0.25, 0.3) is 0 Å². The lowest BCUT2D eigenvalue weighted by Gasteiger charge is -2.08. The highest BCUT2D eigenvalue weighted by molar-refractivity contribution is 7.89. The highest BCUT2D eigenvalue weighted by Crippen LogP contribution is 2.12. The molecule has 20 heavy (non-hydrogen) atoms. The van der Waals surface area contributed by atoms with Crippen LogP contribution in [0.1, 0.15) is 5.56 Å². The van der Waals surface area contributed by atoms with E-state index in [4.69, 9.17) is 14.9 Å². The summed E-state index contributed by atoms with van der Waals surface area (Å²) in [5, 5.41) is 0. The molecule has 0 radical (unpaired) electrons. The van der Waals surface area contributed by atoms with Crippen molar-refractivity contribution in [3.05, 3.63) is 48.4 Å². The third-order valence-electron chi connectivity index (χ3n) is 2.58. The van der Waals surface area contributed by atoms with E-state index in [1.807, 2.05) is 0 Å². The molecular weight excluding hydrogens is 280 g/mol. The van der Waals surface area contributed by atoms with Crippen LogP contribution in [0.2, 0.25) is 0 Å². The molecule has 0 saturated heterocycles. The van der Waals surface area contributed by atoms with E-state index in [1.54, 1.807) is 30.3 Å². The van der Waals surface area contributed by atoms with E-state index >= 15 is 0 Å². The molecule has 6 nitrogen and oxygen atoms in total. The Hall–Kier alpha value is -1.99. The summed E-state index contributed by atoms with van der Waals surface area (Å²) in [5.74, 6) is 0.471. The maximum absolute atomic E-state index is 11.7. The number of benzene rings is 1. The van der Waals surface area contributed by atoms with Gasteiger partial charge in [0, 0.05) is 17.8 Å². The predicted octanol–water partition coefficient (Wildman–Crippen LogP) is 1.36. The van der Waals surface area contributed by atoms with E-state index in [2.05, 4.69) is 4.72 Å². The van der Waals surface area contributed by atoms with Gasteiger partial charge in [0.15, 0.2) is 0 Å². The van der Waals surface area contributed by atoms with Gasteiger partial charge in [0.25, 0.3) is 0 Å². The Kier molecular flexibility index (Phi) is 4.65. The van der Waals surface area contributed by atoms with E-state index in [1.165, 1.54) is 12.5 Å². The first-order valence-corrected chi connectivity index (χ1v) is 7.67. The van der Waals surface area contributed by atoms with Crippen LogP contribution >= 0.6 is 0 Å². The van der Waals surface area contributed by atoms with Crippen LogP contribution in [0.4, 0.5) is 5.69 Å². The molecule has 0 spiro atoms. The smallest absolute Gasteiger partial charge is 0.215 e. The molecule has 3 N–H and O–H groups in total. The molecule has 7 heteroatoms. The van der Waals surface area contributed by atoms with Crippen molar-refractivity contribution in [3.8, 4) is 5.75 Å². The number of nitrogens with one attached hydrogen (secondary N) is 1. The lowest BCUT2D eigenvalue weighted by Crippen LogP contribution is -2.28. The maximum Gasteiger partial charge on any atom is 0.215 e. The summed E-state index contributed by atoms with van der Waals surface area (Å²) in [5.41, 5.74) is 6.94.